The molecule has 1 amide bonds. The molecule has 0 atom stereocenters. The Morgan fingerprint density at radius 1 is 1.17 bits per heavy atom. The maximum atomic E-state index is 12.1. The van der Waals surface area contributed by atoms with E-state index in [1.54, 1.807) is 24.1 Å². The van der Waals surface area contributed by atoms with Gasteiger partial charge in [-0.05, 0) is 24.6 Å². The summed E-state index contributed by atoms with van der Waals surface area (Å²) in [5.41, 5.74) is -0.285. The topological polar surface area (TPSA) is 51.5 Å². The van der Waals surface area contributed by atoms with Crippen molar-refractivity contribution in [3.63, 3.8) is 0 Å². The molecule has 1 aromatic carbocycles. The van der Waals surface area contributed by atoms with Crippen LogP contribution in [0.4, 0.5) is 0 Å². The van der Waals surface area contributed by atoms with Crippen molar-refractivity contribution < 1.29 is 9.53 Å². The van der Waals surface area contributed by atoms with Crippen LogP contribution in [0.5, 0.6) is 5.75 Å². The standard InChI is InChI=1S/C17H19ClN2O3/c1-19(11-6-12-23-14-7-3-2-4-8-14)17(22)13-20-15(18)9-5-10-16(20)21/h2-5,7-10H,6,11-13H2,1H3. The number of hydrogen-bond donors (Lipinski definition) is 0. The molecule has 23 heavy (non-hydrogen) atoms. The lowest BCUT2D eigenvalue weighted by molar-refractivity contribution is -0.130. The Bertz CT molecular complexity index is 700. The molecule has 2 aromatic rings. The van der Waals surface area contributed by atoms with Crippen molar-refractivity contribution in [3.8, 4) is 5.75 Å². The van der Waals surface area contributed by atoms with Gasteiger partial charge in [0, 0.05) is 19.7 Å². The number of hydrogen-bond acceptors (Lipinski definition) is 3. The highest BCUT2D eigenvalue weighted by Crippen LogP contribution is 2.08. The molecule has 0 N–H and O–H groups in total. The van der Waals surface area contributed by atoms with E-state index in [2.05, 4.69) is 0 Å². The third-order valence-electron chi connectivity index (χ3n) is 3.37. The fourth-order valence-electron chi connectivity index (χ4n) is 2.04. The van der Waals surface area contributed by atoms with Crippen LogP contribution in [0.1, 0.15) is 6.42 Å². The van der Waals surface area contributed by atoms with E-state index in [-0.39, 0.29) is 23.2 Å². The van der Waals surface area contributed by atoms with Gasteiger partial charge in [-0.3, -0.25) is 14.2 Å². The predicted molar refractivity (Wildman–Crippen MR) is 89.9 cm³/mol. The van der Waals surface area contributed by atoms with E-state index in [1.165, 1.54) is 10.6 Å². The lowest BCUT2D eigenvalue weighted by Gasteiger charge is -2.18. The highest BCUT2D eigenvalue weighted by atomic mass is 35.5. The molecule has 0 saturated carbocycles. The first-order valence-corrected chi connectivity index (χ1v) is 7.73. The second kappa shape index (κ2) is 8.39. The highest BCUT2D eigenvalue weighted by Gasteiger charge is 2.12. The zero-order valence-electron chi connectivity index (χ0n) is 12.9. The summed E-state index contributed by atoms with van der Waals surface area (Å²) in [4.78, 5) is 25.4. The lowest BCUT2D eigenvalue weighted by Crippen LogP contribution is -2.35. The zero-order valence-corrected chi connectivity index (χ0v) is 13.7. The monoisotopic (exact) mass is 334 g/mol. The second-order valence-electron chi connectivity index (χ2n) is 5.10. The number of nitrogens with zero attached hydrogens (tertiary/aromatic N) is 2. The van der Waals surface area contributed by atoms with E-state index in [9.17, 15) is 9.59 Å². The smallest absolute Gasteiger partial charge is 0.252 e. The van der Waals surface area contributed by atoms with Crippen molar-refractivity contribution >= 4 is 17.5 Å². The van der Waals surface area contributed by atoms with Crippen LogP contribution in [0, 0.1) is 0 Å². The van der Waals surface area contributed by atoms with Crippen LogP contribution in [0.15, 0.2) is 53.3 Å². The fourth-order valence-corrected chi connectivity index (χ4v) is 2.25. The molecule has 6 heteroatoms. The van der Waals surface area contributed by atoms with E-state index >= 15 is 0 Å². The number of benzene rings is 1. The van der Waals surface area contributed by atoms with Crippen molar-refractivity contribution in [1.82, 2.24) is 9.47 Å². The summed E-state index contributed by atoms with van der Waals surface area (Å²) in [5.74, 6) is 0.643. The number of ether oxygens (including phenoxy) is 1. The molecule has 122 valence electrons. The number of pyridine rings is 1. The summed E-state index contributed by atoms with van der Waals surface area (Å²) in [5, 5.41) is 0.256. The van der Waals surface area contributed by atoms with Gasteiger partial charge in [0.25, 0.3) is 5.56 Å². The largest absolute Gasteiger partial charge is 0.494 e. The van der Waals surface area contributed by atoms with Gasteiger partial charge in [0.15, 0.2) is 0 Å². The summed E-state index contributed by atoms with van der Waals surface area (Å²) < 4.78 is 6.83. The van der Waals surface area contributed by atoms with Gasteiger partial charge < -0.3 is 9.64 Å². The highest BCUT2D eigenvalue weighted by molar-refractivity contribution is 6.29. The number of para-hydroxylation sites is 1. The summed E-state index contributed by atoms with van der Waals surface area (Å²) in [6.45, 7) is 1.01. The van der Waals surface area contributed by atoms with Crippen LogP contribution in [0.2, 0.25) is 5.15 Å². The van der Waals surface area contributed by atoms with Crippen LogP contribution < -0.4 is 10.3 Å². The normalized spacial score (nSPS) is 10.3. The molecule has 0 radical (unpaired) electrons. The fraction of sp³-hybridized carbons (Fsp3) is 0.294. The van der Waals surface area contributed by atoms with Crippen molar-refractivity contribution in [3.05, 3.63) is 64.0 Å². The third-order valence-corrected chi connectivity index (χ3v) is 3.70. The number of likely N-dealkylation sites (N-methyl/N-ethyl adjacent to an activating group) is 1. The molecule has 0 spiro atoms. The number of carbonyl (C=O) groups is 1. The van der Waals surface area contributed by atoms with Gasteiger partial charge in [0.2, 0.25) is 5.91 Å². The van der Waals surface area contributed by atoms with E-state index < -0.39 is 0 Å². The van der Waals surface area contributed by atoms with Crippen LogP contribution in [0.25, 0.3) is 0 Å². The first kappa shape index (κ1) is 17.1. The average molecular weight is 335 g/mol. The molecule has 1 aromatic heterocycles. The van der Waals surface area contributed by atoms with Crippen LogP contribution in [-0.4, -0.2) is 35.6 Å². The number of halogens is 1. The molecule has 0 saturated heterocycles. The third kappa shape index (κ3) is 5.14. The van der Waals surface area contributed by atoms with Gasteiger partial charge in [0.05, 0.1) is 6.61 Å². The van der Waals surface area contributed by atoms with Gasteiger partial charge in [-0.25, -0.2) is 0 Å². The number of aromatic nitrogens is 1. The van der Waals surface area contributed by atoms with Crippen LogP contribution in [-0.2, 0) is 11.3 Å². The molecule has 0 fully saturated rings. The number of rotatable bonds is 7. The van der Waals surface area contributed by atoms with E-state index in [0.29, 0.717) is 19.6 Å². The molecule has 0 aliphatic carbocycles. The molecular formula is C17H19ClN2O3. The second-order valence-corrected chi connectivity index (χ2v) is 5.49. The molecule has 0 bridgehead atoms. The Balaban J connectivity index is 1.78. The summed E-state index contributed by atoms with van der Waals surface area (Å²) >= 11 is 5.95. The Morgan fingerprint density at radius 3 is 2.61 bits per heavy atom. The van der Waals surface area contributed by atoms with Crippen molar-refractivity contribution in [2.75, 3.05) is 20.2 Å². The minimum absolute atomic E-state index is 0.0610. The first-order valence-electron chi connectivity index (χ1n) is 7.35. The molecular weight excluding hydrogens is 316 g/mol. The maximum Gasteiger partial charge on any atom is 0.252 e. The van der Waals surface area contributed by atoms with Crippen LogP contribution >= 0.6 is 11.6 Å². The average Bonchev–Trinajstić information content (AvgIpc) is 2.55. The zero-order chi connectivity index (χ0) is 16.7. The van der Waals surface area contributed by atoms with Crippen LogP contribution in [0.3, 0.4) is 0 Å². The van der Waals surface area contributed by atoms with Gasteiger partial charge in [-0.2, -0.15) is 0 Å². The summed E-state index contributed by atoms with van der Waals surface area (Å²) in [6, 6.07) is 14.1. The molecule has 0 unspecified atom stereocenters. The summed E-state index contributed by atoms with van der Waals surface area (Å²) in [6.07, 6.45) is 0.703. The molecule has 0 aliphatic heterocycles. The number of carbonyl (C=O) groups excluding carboxylic acids is 1. The lowest BCUT2D eigenvalue weighted by atomic mass is 10.3. The molecule has 0 aliphatic rings. The predicted octanol–water partition coefficient (Wildman–Crippen LogP) is 2.43. The minimum atomic E-state index is -0.285. The Kier molecular flexibility index (Phi) is 6.23. The minimum Gasteiger partial charge on any atom is -0.494 e. The number of amides is 1. The van der Waals surface area contributed by atoms with E-state index in [0.717, 1.165) is 5.75 Å². The van der Waals surface area contributed by atoms with E-state index in [1.807, 2.05) is 30.3 Å². The van der Waals surface area contributed by atoms with Gasteiger partial charge in [0.1, 0.15) is 17.4 Å². The Labute approximate surface area is 140 Å². The van der Waals surface area contributed by atoms with Crippen molar-refractivity contribution in [1.29, 1.82) is 0 Å². The van der Waals surface area contributed by atoms with Gasteiger partial charge >= 0.3 is 0 Å². The van der Waals surface area contributed by atoms with Crippen molar-refractivity contribution in [2.24, 2.45) is 0 Å². The van der Waals surface area contributed by atoms with Gasteiger partial charge in [-0.15, -0.1) is 0 Å². The molecule has 1 heterocycles. The quantitative estimate of drug-likeness (QED) is 0.577. The maximum absolute atomic E-state index is 12.1. The molecule has 5 nitrogen and oxygen atoms in total. The van der Waals surface area contributed by atoms with E-state index in [4.69, 9.17) is 16.3 Å². The Hall–Kier alpha value is -2.27. The summed E-state index contributed by atoms with van der Waals surface area (Å²) in [7, 11) is 1.70. The first-order chi connectivity index (χ1) is 11.1. The SMILES string of the molecule is CN(CCCOc1ccccc1)C(=O)Cn1c(Cl)cccc1=O. The van der Waals surface area contributed by atoms with Gasteiger partial charge in [-0.1, -0.05) is 35.9 Å². The molecule has 2 rings (SSSR count). The Morgan fingerprint density at radius 2 is 1.91 bits per heavy atom. The van der Waals surface area contributed by atoms with Crippen molar-refractivity contribution in [2.45, 2.75) is 13.0 Å².